The lowest BCUT2D eigenvalue weighted by Crippen LogP contribution is -2.46. The molecule has 2 heterocycles. The third-order valence-corrected chi connectivity index (χ3v) is 4.96. The van der Waals surface area contributed by atoms with Crippen LogP contribution in [0.2, 0.25) is 0 Å². The Morgan fingerprint density at radius 1 is 1.24 bits per heavy atom. The van der Waals surface area contributed by atoms with E-state index >= 15 is 0 Å². The third kappa shape index (κ3) is 3.12. The lowest BCUT2D eigenvalue weighted by Gasteiger charge is -2.45. The van der Waals surface area contributed by atoms with Crippen molar-refractivity contribution in [1.82, 2.24) is 5.32 Å². The number of benzene rings is 1. The van der Waals surface area contributed by atoms with Crippen molar-refractivity contribution in [3.8, 4) is 0 Å². The zero-order valence-corrected chi connectivity index (χ0v) is 12.6. The number of ether oxygens (including phenoxy) is 2. The monoisotopic (exact) mass is 293 g/mol. The zero-order valence-electron chi connectivity index (χ0n) is 12.6. The van der Waals surface area contributed by atoms with Crippen LogP contribution in [0.5, 0.6) is 0 Å². The van der Waals surface area contributed by atoms with Gasteiger partial charge in [0, 0.05) is 31.4 Å². The van der Waals surface area contributed by atoms with Gasteiger partial charge in [0.2, 0.25) is 0 Å². The lowest BCUT2D eigenvalue weighted by molar-refractivity contribution is -0.150. The van der Waals surface area contributed by atoms with Crippen molar-refractivity contribution < 1.29 is 13.9 Å². The highest BCUT2D eigenvalue weighted by Crippen LogP contribution is 2.42. The summed E-state index contributed by atoms with van der Waals surface area (Å²) in [6.07, 6.45) is 3.87. The van der Waals surface area contributed by atoms with Crippen LogP contribution in [-0.4, -0.2) is 32.5 Å². The van der Waals surface area contributed by atoms with Crippen LogP contribution in [-0.2, 0) is 9.47 Å². The van der Waals surface area contributed by atoms with E-state index in [1.54, 1.807) is 12.1 Å². The maximum Gasteiger partial charge on any atom is 0.127 e. The summed E-state index contributed by atoms with van der Waals surface area (Å²) >= 11 is 0. The second-order valence-corrected chi connectivity index (χ2v) is 6.18. The molecule has 2 aliphatic rings. The summed E-state index contributed by atoms with van der Waals surface area (Å²) in [6, 6.07) is 7.14. The van der Waals surface area contributed by atoms with Gasteiger partial charge in [-0.3, -0.25) is 0 Å². The summed E-state index contributed by atoms with van der Waals surface area (Å²) in [5.74, 6) is 0.281. The normalized spacial score (nSPS) is 26.7. The molecule has 2 atom stereocenters. The lowest BCUT2D eigenvalue weighted by atomic mass is 9.76. The summed E-state index contributed by atoms with van der Waals surface area (Å²) in [7, 11) is 1.92. The molecule has 3 nitrogen and oxygen atoms in total. The maximum absolute atomic E-state index is 14.1. The molecule has 0 bridgehead atoms. The fraction of sp³-hybridized carbons (Fsp3) is 0.647. The van der Waals surface area contributed by atoms with Crippen molar-refractivity contribution in [2.75, 3.05) is 26.9 Å². The van der Waals surface area contributed by atoms with Gasteiger partial charge in [-0.15, -0.1) is 0 Å². The van der Waals surface area contributed by atoms with Crippen LogP contribution < -0.4 is 5.32 Å². The Balaban J connectivity index is 1.79. The second-order valence-electron chi connectivity index (χ2n) is 6.18. The van der Waals surface area contributed by atoms with E-state index in [0.717, 1.165) is 51.1 Å². The van der Waals surface area contributed by atoms with E-state index < -0.39 is 0 Å². The number of rotatable bonds is 3. The molecule has 1 spiro atoms. The van der Waals surface area contributed by atoms with Crippen LogP contribution in [0.4, 0.5) is 4.39 Å². The first-order valence-electron chi connectivity index (χ1n) is 7.87. The van der Waals surface area contributed by atoms with Crippen molar-refractivity contribution in [3.05, 3.63) is 35.6 Å². The summed E-state index contributed by atoms with van der Waals surface area (Å²) in [6.45, 7) is 2.31. The molecule has 0 aromatic heterocycles. The van der Waals surface area contributed by atoms with Crippen LogP contribution in [0, 0.1) is 11.7 Å². The van der Waals surface area contributed by atoms with E-state index in [9.17, 15) is 4.39 Å². The molecule has 2 unspecified atom stereocenters. The van der Waals surface area contributed by atoms with Crippen molar-refractivity contribution in [2.45, 2.75) is 37.3 Å². The van der Waals surface area contributed by atoms with Crippen LogP contribution in [0.15, 0.2) is 24.3 Å². The van der Waals surface area contributed by atoms with Gasteiger partial charge in [0.05, 0.1) is 5.60 Å². The minimum atomic E-state index is -0.121. The van der Waals surface area contributed by atoms with Crippen molar-refractivity contribution >= 4 is 0 Å². The second kappa shape index (κ2) is 6.42. The Kier molecular flexibility index (Phi) is 4.57. The minimum Gasteiger partial charge on any atom is -0.381 e. The SMILES string of the molecule is CNC(c1ccccc1F)C1CCOC2(CCOCC2)C1. The van der Waals surface area contributed by atoms with Gasteiger partial charge in [-0.1, -0.05) is 18.2 Å². The van der Waals surface area contributed by atoms with Gasteiger partial charge in [-0.2, -0.15) is 0 Å². The molecule has 0 saturated carbocycles. The Morgan fingerprint density at radius 3 is 2.71 bits per heavy atom. The topological polar surface area (TPSA) is 30.5 Å². The molecule has 0 radical (unpaired) electrons. The molecular weight excluding hydrogens is 269 g/mol. The predicted octanol–water partition coefficient (Wildman–Crippen LogP) is 3.06. The number of hydrogen-bond acceptors (Lipinski definition) is 3. The van der Waals surface area contributed by atoms with Crippen LogP contribution >= 0.6 is 0 Å². The van der Waals surface area contributed by atoms with E-state index in [2.05, 4.69) is 5.32 Å². The molecule has 1 aromatic rings. The minimum absolute atomic E-state index is 0.0508. The van der Waals surface area contributed by atoms with E-state index in [1.165, 1.54) is 0 Å². The van der Waals surface area contributed by atoms with Crippen molar-refractivity contribution in [2.24, 2.45) is 5.92 Å². The zero-order chi connectivity index (χ0) is 14.7. The highest BCUT2D eigenvalue weighted by molar-refractivity contribution is 5.22. The van der Waals surface area contributed by atoms with Crippen LogP contribution in [0.1, 0.15) is 37.3 Å². The summed E-state index contributed by atoms with van der Waals surface area (Å²) in [5.41, 5.74) is 0.718. The molecular formula is C17H24FNO2. The average molecular weight is 293 g/mol. The molecule has 0 aliphatic carbocycles. The van der Waals surface area contributed by atoms with Gasteiger partial charge in [-0.05, 0) is 44.7 Å². The molecule has 3 rings (SSSR count). The molecule has 0 amide bonds. The number of hydrogen-bond donors (Lipinski definition) is 1. The van der Waals surface area contributed by atoms with Crippen molar-refractivity contribution in [1.29, 1.82) is 0 Å². The fourth-order valence-corrected chi connectivity index (χ4v) is 3.81. The maximum atomic E-state index is 14.1. The Bertz CT molecular complexity index is 468. The molecule has 116 valence electrons. The summed E-state index contributed by atoms with van der Waals surface area (Å²) in [4.78, 5) is 0. The average Bonchev–Trinajstić information content (AvgIpc) is 2.51. The molecule has 2 fully saturated rings. The van der Waals surface area contributed by atoms with Gasteiger partial charge < -0.3 is 14.8 Å². The van der Waals surface area contributed by atoms with E-state index in [1.807, 2.05) is 19.2 Å². The molecule has 2 aliphatic heterocycles. The Labute approximate surface area is 125 Å². The van der Waals surface area contributed by atoms with Crippen molar-refractivity contribution in [3.63, 3.8) is 0 Å². The largest absolute Gasteiger partial charge is 0.381 e. The quantitative estimate of drug-likeness (QED) is 0.929. The van der Waals surface area contributed by atoms with Gasteiger partial charge in [0.15, 0.2) is 0 Å². The van der Waals surface area contributed by atoms with Gasteiger partial charge in [0.25, 0.3) is 0 Å². The fourth-order valence-electron chi connectivity index (χ4n) is 3.81. The summed E-state index contributed by atoms with van der Waals surface area (Å²) < 4.78 is 25.7. The molecule has 1 aromatic carbocycles. The first-order valence-corrected chi connectivity index (χ1v) is 7.87. The molecule has 21 heavy (non-hydrogen) atoms. The number of halogens is 1. The van der Waals surface area contributed by atoms with Gasteiger partial charge in [-0.25, -0.2) is 4.39 Å². The molecule has 2 saturated heterocycles. The Hall–Kier alpha value is -0.970. The van der Waals surface area contributed by atoms with E-state index in [-0.39, 0.29) is 17.5 Å². The highest BCUT2D eigenvalue weighted by Gasteiger charge is 2.41. The first-order chi connectivity index (χ1) is 10.2. The molecule has 1 N–H and O–H groups in total. The van der Waals surface area contributed by atoms with Crippen LogP contribution in [0.25, 0.3) is 0 Å². The standard InChI is InChI=1S/C17H24FNO2/c1-19-16(14-4-2-3-5-15(14)18)13-6-9-21-17(12-13)7-10-20-11-8-17/h2-5,13,16,19H,6-12H2,1H3. The van der Waals surface area contributed by atoms with Crippen LogP contribution in [0.3, 0.4) is 0 Å². The number of nitrogens with one attached hydrogen (secondary N) is 1. The van der Waals surface area contributed by atoms with E-state index in [4.69, 9.17) is 9.47 Å². The summed E-state index contributed by atoms with van der Waals surface area (Å²) in [5, 5.41) is 3.32. The highest BCUT2D eigenvalue weighted by atomic mass is 19.1. The first kappa shape index (κ1) is 14.9. The van der Waals surface area contributed by atoms with Gasteiger partial charge >= 0.3 is 0 Å². The Morgan fingerprint density at radius 2 is 2.00 bits per heavy atom. The third-order valence-electron chi connectivity index (χ3n) is 4.96. The van der Waals surface area contributed by atoms with E-state index in [0.29, 0.717) is 5.92 Å². The predicted molar refractivity (Wildman–Crippen MR) is 79.7 cm³/mol. The smallest absolute Gasteiger partial charge is 0.127 e. The molecule has 4 heteroatoms. The van der Waals surface area contributed by atoms with Gasteiger partial charge in [0.1, 0.15) is 5.82 Å².